The first-order chi connectivity index (χ1) is 14.4. The summed E-state index contributed by atoms with van der Waals surface area (Å²) in [5.74, 6) is 0.0484. The summed E-state index contributed by atoms with van der Waals surface area (Å²) in [7, 11) is 2.95. The maximum absolute atomic E-state index is 13.2. The van der Waals surface area contributed by atoms with E-state index in [9.17, 15) is 20.0 Å². The van der Waals surface area contributed by atoms with E-state index in [0.29, 0.717) is 17.1 Å². The van der Waals surface area contributed by atoms with Crippen LogP contribution in [-0.2, 0) is 4.79 Å². The average molecular weight is 410 g/mol. The Kier molecular flexibility index (Phi) is 6.01. The molecule has 0 aliphatic heterocycles. The summed E-state index contributed by atoms with van der Waals surface area (Å²) in [5, 5.41) is 27.7. The van der Waals surface area contributed by atoms with Crippen molar-refractivity contribution in [2.45, 2.75) is 19.4 Å². The number of fused-ring (bicyclic) bond motifs is 1. The number of amides is 1. The summed E-state index contributed by atoms with van der Waals surface area (Å²) >= 11 is 0. The number of ether oxygens (including phenoxy) is 2. The second-order valence-electron chi connectivity index (χ2n) is 6.44. The van der Waals surface area contributed by atoms with Gasteiger partial charge in [0.05, 0.1) is 36.1 Å². The molecule has 9 heteroatoms. The van der Waals surface area contributed by atoms with Gasteiger partial charge < -0.3 is 19.9 Å². The molecule has 0 saturated heterocycles. The predicted molar refractivity (Wildman–Crippen MR) is 108 cm³/mol. The number of nitrogens with zero attached hydrogens (tertiary/aromatic N) is 2. The Morgan fingerprint density at radius 1 is 1.20 bits per heavy atom. The zero-order chi connectivity index (χ0) is 21.8. The Labute approximate surface area is 172 Å². The smallest absolute Gasteiger partial charge is 0.279 e. The van der Waals surface area contributed by atoms with Crippen molar-refractivity contribution in [1.82, 2.24) is 10.3 Å². The summed E-state index contributed by atoms with van der Waals surface area (Å²) in [6.07, 6.45) is 1.57. The third-order valence-electron chi connectivity index (χ3n) is 4.73. The SMILES string of the molecule is CCC(=O)N[C@@H](c1ccc(OC)c(OC)c1)c1cc([N+](=O)[O-])c2cccnc2c1[O-]. The third kappa shape index (κ3) is 3.82. The number of hydrogen-bond donors (Lipinski definition) is 1. The number of non-ortho nitro benzene ring substituents is 1. The van der Waals surface area contributed by atoms with Gasteiger partial charge in [0.25, 0.3) is 5.69 Å². The van der Waals surface area contributed by atoms with Crippen molar-refractivity contribution in [2.24, 2.45) is 0 Å². The molecule has 9 nitrogen and oxygen atoms in total. The van der Waals surface area contributed by atoms with Crippen molar-refractivity contribution >= 4 is 22.5 Å². The largest absolute Gasteiger partial charge is 0.871 e. The lowest BCUT2D eigenvalue weighted by molar-refractivity contribution is -0.383. The molecule has 2 aromatic carbocycles. The van der Waals surface area contributed by atoms with Gasteiger partial charge in [-0.3, -0.25) is 19.9 Å². The van der Waals surface area contributed by atoms with Gasteiger partial charge in [-0.05, 0) is 35.4 Å². The summed E-state index contributed by atoms with van der Waals surface area (Å²) in [6, 6.07) is 8.18. The zero-order valence-corrected chi connectivity index (χ0v) is 16.7. The van der Waals surface area contributed by atoms with E-state index >= 15 is 0 Å². The minimum absolute atomic E-state index is 0.0297. The molecule has 0 saturated carbocycles. The maximum atomic E-state index is 13.2. The molecule has 30 heavy (non-hydrogen) atoms. The molecule has 0 radical (unpaired) electrons. The fourth-order valence-electron chi connectivity index (χ4n) is 3.22. The van der Waals surface area contributed by atoms with Crippen LogP contribution in [0.25, 0.3) is 10.9 Å². The Morgan fingerprint density at radius 3 is 2.57 bits per heavy atom. The topological polar surface area (TPSA) is 127 Å². The normalized spacial score (nSPS) is 11.7. The molecule has 156 valence electrons. The highest BCUT2D eigenvalue weighted by molar-refractivity contribution is 5.93. The standard InChI is InChI=1S/C21H21N3O6/c1-4-18(25)23-19(12-7-8-16(29-2)17(10-12)30-3)14-11-15(24(27)28)13-6-5-9-22-20(13)21(14)26/h5-11,19,26H,4H2,1-3H3,(H,23,25)/p-1/t19-/m0/s1. The first-order valence-corrected chi connectivity index (χ1v) is 9.15. The molecule has 1 N–H and O–H groups in total. The van der Waals surface area contributed by atoms with E-state index in [4.69, 9.17) is 9.47 Å². The van der Waals surface area contributed by atoms with Crippen molar-refractivity contribution in [3.8, 4) is 17.2 Å². The van der Waals surface area contributed by atoms with Gasteiger partial charge in [-0.15, -0.1) is 0 Å². The average Bonchev–Trinajstić information content (AvgIpc) is 2.77. The zero-order valence-electron chi connectivity index (χ0n) is 16.7. The summed E-state index contributed by atoms with van der Waals surface area (Å²) in [5.41, 5.74) is 0.264. The number of pyridine rings is 1. The van der Waals surface area contributed by atoms with Crippen molar-refractivity contribution < 1.29 is 24.3 Å². The van der Waals surface area contributed by atoms with Gasteiger partial charge in [-0.25, -0.2) is 0 Å². The van der Waals surface area contributed by atoms with Crippen LogP contribution in [0.2, 0.25) is 0 Å². The van der Waals surface area contributed by atoms with E-state index in [0.717, 1.165) is 0 Å². The first-order valence-electron chi connectivity index (χ1n) is 9.15. The van der Waals surface area contributed by atoms with Crippen LogP contribution >= 0.6 is 0 Å². The minimum atomic E-state index is -0.935. The molecule has 0 aliphatic carbocycles. The number of carbonyl (C=O) groups is 1. The van der Waals surface area contributed by atoms with E-state index in [-0.39, 0.29) is 34.5 Å². The maximum Gasteiger partial charge on any atom is 0.279 e. The van der Waals surface area contributed by atoms with Crippen molar-refractivity contribution in [2.75, 3.05) is 14.2 Å². The summed E-state index contributed by atoms with van der Waals surface area (Å²) in [6.45, 7) is 1.67. The van der Waals surface area contributed by atoms with Crippen LogP contribution in [0.3, 0.4) is 0 Å². The van der Waals surface area contributed by atoms with Crippen LogP contribution in [0.5, 0.6) is 17.2 Å². The molecule has 3 aromatic rings. The van der Waals surface area contributed by atoms with Crippen molar-refractivity contribution in [1.29, 1.82) is 0 Å². The Hall–Kier alpha value is -3.88. The van der Waals surface area contributed by atoms with Crippen LogP contribution < -0.4 is 19.9 Å². The fourth-order valence-corrected chi connectivity index (χ4v) is 3.22. The number of rotatable bonds is 7. The van der Waals surface area contributed by atoms with Crippen molar-refractivity contribution in [3.63, 3.8) is 0 Å². The molecule has 1 heterocycles. The number of carbonyl (C=O) groups excluding carboxylic acids is 1. The highest BCUT2D eigenvalue weighted by Crippen LogP contribution is 2.39. The van der Waals surface area contributed by atoms with Gasteiger partial charge in [0, 0.05) is 18.7 Å². The number of nitro groups is 1. The number of nitrogens with one attached hydrogen (secondary N) is 1. The quantitative estimate of drug-likeness (QED) is 0.469. The number of aromatic nitrogens is 1. The molecule has 0 aliphatic rings. The molecule has 0 spiro atoms. The van der Waals surface area contributed by atoms with E-state index in [1.54, 1.807) is 25.1 Å². The Balaban J connectivity index is 2.27. The number of hydrogen-bond acceptors (Lipinski definition) is 7. The number of benzene rings is 2. The van der Waals surface area contributed by atoms with E-state index in [1.165, 1.54) is 38.6 Å². The van der Waals surface area contributed by atoms with Gasteiger partial charge >= 0.3 is 0 Å². The van der Waals surface area contributed by atoms with Crippen LogP contribution in [0, 0.1) is 10.1 Å². The molecule has 1 amide bonds. The number of nitro benzene ring substituents is 1. The lowest BCUT2D eigenvalue weighted by atomic mass is 9.94. The molecule has 3 rings (SSSR count). The lowest BCUT2D eigenvalue weighted by Gasteiger charge is -2.26. The van der Waals surface area contributed by atoms with Gasteiger partial charge in [-0.2, -0.15) is 0 Å². The second-order valence-corrected chi connectivity index (χ2v) is 6.44. The van der Waals surface area contributed by atoms with Crippen LogP contribution in [0.15, 0.2) is 42.6 Å². The van der Waals surface area contributed by atoms with Gasteiger partial charge in [-0.1, -0.05) is 18.7 Å². The van der Waals surface area contributed by atoms with Crippen LogP contribution in [-0.4, -0.2) is 30.0 Å². The predicted octanol–water partition coefficient (Wildman–Crippen LogP) is 2.85. The highest BCUT2D eigenvalue weighted by atomic mass is 16.6. The number of methoxy groups -OCH3 is 2. The molecule has 0 bridgehead atoms. The Morgan fingerprint density at radius 2 is 1.93 bits per heavy atom. The fraction of sp³-hybridized carbons (Fsp3) is 0.238. The van der Waals surface area contributed by atoms with E-state index in [2.05, 4.69) is 10.3 Å². The van der Waals surface area contributed by atoms with Crippen LogP contribution in [0.4, 0.5) is 5.69 Å². The van der Waals surface area contributed by atoms with Crippen LogP contribution in [0.1, 0.15) is 30.5 Å². The molecule has 1 aromatic heterocycles. The molecule has 1 atom stereocenters. The molecule has 0 unspecified atom stereocenters. The van der Waals surface area contributed by atoms with Crippen molar-refractivity contribution in [3.05, 3.63) is 63.8 Å². The lowest BCUT2D eigenvalue weighted by Crippen LogP contribution is -2.29. The van der Waals surface area contributed by atoms with E-state index in [1.807, 2.05) is 0 Å². The monoisotopic (exact) mass is 410 g/mol. The Bertz CT molecular complexity index is 1120. The first kappa shape index (κ1) is 20.8. The van der Waals surface area contributed by atoms with Gasteiger partial charge in [0.2, 0.25) is 5.91 Å². The molecule has 0 fully saturated rings. The van der Waals surface area contributed by atoms with Gasteiger partial charge in [0.1, 0.15) is 0 Å². The minimum Gasteiger partial charge on any atom is -0.871 e. The van der Waals surface area contributed by atoms with Gasteiger partial charge in [0.15, 0.2) is 11.5 Å². The summed E-state index contributed by atoms with van der Waals surface area (Å²) in [4.78, 5) is 27.4. The molecular formula is C21H20N3O6-. The molecular weight excluding hydrogens is 390 g/mol. The highest BCUT2D eigenvalue weighted by Gasteiger charge is 2.24. The second kappa shape index (κ2) is 8.64. The third-order valence-corrected chi connectivity index (χ3v) is 4.73. The summed E-state index contributed by atoms with van der Waals surface area (Å²) < 4.78 is 10.6. The van der Waals surface area contributed by atoms with E-state index < -0.39 is 16.7 Å².